The monoisotopic (exact) mass is 230 g/mol. The summed E-state index contributed by atoms with van der Waals surface area (Å²) in [6.07, 6.45) is 5.85. The van der Waals surface area contributed by atoms with Crippen LogP contribution in [0.4, 0.5) is 0 Å². The minimum absolute atomic E-state index is 0.892. The predicted molar refractivity (Wildman–Crippen MR) is 71.0 cm³/mol. The first-order chi connectivity index (χ1) is 7.99. The Kier molecular flexibility index (Phi) is 4.70. The van der Waals surface area contributed by atoms with Crippen LogP contribution >= 0.6 is 0 Å². The Labute approximate surface area is 102 Å². The van der Waals surface area contributed by atoms with Crippen LogP contribution in [0.25, 0.3) is 6.08 Å². The highest BCUT2D eigenvalue weighted by molar-refractivity contribution is 5.85. The lowest BCUT2D eigenvalue weighted by Gasteiger charge is -2.05. The standard InChI is InChI=1S/C15H18O2/c1-11(2)4-8-14-10-13(6-5-12(14)3)7-9-15(16)17/h4-7,9-10H,8H2,1-3H3,(H,16,17)/b9-7+. The van der Waals surface area contributed by atoms with Crippen molar-refractivity contribution in [3.8, 4) is 0 Å². The van der Waals surface area contributed by atoms with Crippen LogP contribution in [0.5, 0.6) is 0 Å². The molecule has 0 amide bonds. The molecule has 1 aromatic carbocycles. The van der Waals surface area contributed by atoms with Crippen molar-refractivity contribution < 1.29 is 9.90 Å². The van der Waals surface area contributed by atoms with Gasteiger partial charge in [-0.05, 0) is 50.0 Å². The Morgan fingerprint density at radius 1 is 1.35 bits per heavy atom. The van der Waals surface area contributed by atoms with Gasteiger partial charge < -0.3 is 5.11 Å². The second-order valence-electron chi connectivity index (χ2n) is 4.34. The van der Waals surface area contributed by atoms with E-state index in [9.17, 15) is 4.79 Å². The molecule has 1 N–H and O–H groups in total. The summed E-state index contributed by atoms with van der Waals surface area (Å²) in [7, 11) is 0. The first-order valence-corrected chi connectivity index (χ1v) is 5.63. The molecule has 1 aromatic rings. The summed E-state index contributed by atoms with van der Waals surface area (Å²) >= 11 is 0. The number of hydrogen-bond acceptors (Lipinski definition) is 1. The van der Waals surface area contributed by atoms with Gasteiger partial charge in [0.25, 0.3) is 0 Å². The van der Waals surface area contributed by atoms with E-state index in [-0.39, 0.29) is 0 Å². The SMILES string of the molecule is CC(C)=CCc1cc(/C=C/C(=O)O)ccc1C. The molecule has 0 spiro atoms. The summed E-state index contributed by atoms with van der Waals surface area (Å²) in [4.78, 5) is 10.4. The number of benzene rings is 1. The van der Waals surface area contributed by atoms with Crippen LogP contribution in [-0.2, 0) is 11.2 Å². The highest BCUT2D eigenvalue weighted by atomic mass is 16.4. The first-order valence-electron chi connectivity index (χ1n) is 5.63. The minimum atomic E-state index is -0.920. The molecule has 0 unspecified atom stereocenters. The molecule has 0 aliphatic rings. The fourth-order valence-corrected chi connectivity index (χ4v) is 1.50. The molecule has 0 atom stereocenters. The lowest BCUT2D eigenvalue weighted by molar-refractivity contribution is -0.131. The van der Waals surface area contributed by atoms with Crippen molar-refractivity contribution in [2.24, 2.45) is 0 Å². The van der Waals surface area contributed by atoms with Gasteiger partial charge in [0.05, 0.1) is 0 Å². The van der Waals surface area contributed by atoms with E-state index in [1.165, 1.54) is 16.7 Å². The lowest BCUT2D eigenvalue weighted by Crippen LogP contribution is -1.90. The molecule has 0 heterocycles. The third kappa shape index (κ3) is 4.68. The molecule has 0 aliphatic carbocycles. The van der Waals surface area contributed by atoms with Gasteiger partial charge in [-0.25, -0.2) is 4.79 Å². The zero-order chi connectivity index (χ0) is 12.8. The maximum atomic E-state index is 10.4. The Bertz CT molecular complexity index is 464. The third-order valence-corrected chi connectivity index (χ3v) is 2.52. The fourth-order valence-electron chi connectivity index (χ4n) is 1.50. The Morgan fingerprint density at radius 3 is 2.65 bits per heavy atom. The van der Waals surface area contributed by atoms with Crippen LogP contribution in [-0.4, -0.2) is 11.1 Å². The highest BCUT2D eigenvalue weighted by Gasteiger charge is 1.98. The van der Waals surface area contributed by atoms with Gasteiger partial charge in [0.15, 0.2) is 0 Å². The van der Waals surface area contributed by atoms with E-state index < -0.39 is 5.97 Å². The molecule has 0 radical (unpaired) electrons. The van der Waals surface area contributed by atoms with Crippen molar-refractivity contribution >= 4 is 12.0 Å². The van der Waals surface area contributed by atoms with E-state index >= 15 is 0 Å². The number of hydrogen-bond donors (Lipinski definition) is 1. The topological polar surface area (TPSA) is 37.3 Å². The Morgan fingerprint density at radius 2 is 2.06 bits per heavy atom. The predicted octanol–water partition coefficient (Wildman–Crippen LogP) is 3.60. The number of carbonyl (C=O) groups is 1. The number of carboxylic acids is 1. The van der Waals surface area contributed by atoms with Gasteiger partial charge in [-0.1, -0.05) is 29.8 Å². The van der Waals surface area contributed by atoms with Crippen LogP contribution in [0.15, 0.2) is 35.9 Å². The van der Waals surface area contributed by atoms with E-state index in [4.69, 9.17) is 5.11 Å². The summed E-state index contributed by atoms with van der Waals surface area (Å²) in [5.41, 5.74) is 4.68. The molecule has 0 bridgehead atoms. The molecule has 2 heteroatoms. The van der Waals surface area contributed by atoms with Crippen molar-refractivity contribution in [1.29, 1.82) is 0 Å². The molecule has 0 saturated carbocycles. The molecule has 2 nitrogen and oxygen atoms in total. The molecule has 17 heavy (non-hydrogen) atoms. The maximum Gasteiger partial charge on any atom is 0.328 e. The second-order valence-corrected chi connectivity index (χ2v) is 4.34. The van der Waals surface area contributed by atoms with Crippen molar-refractivity contribution in [2.45, 2.75) is 27.2 Å². The van der Waals surface area contributed by atoms with Crippen molar-refractivity contribution in [3.05, 3.63) is 52.6 Å². The Hall–Kier alpha value is -1.83. The minimum Gasteiger partial charge on any atom is -0.478 e. The zero-order valence-electron chi connectivity index (χ0n) is 10.5. The number of aryl methyl sites for hydroxylation is 1. The average Bonchev–Trinajstić information content (AvgIpc) is 2.26. The number of aliphatic carboxylic acids is 1. The summed E-state index contributed by atoms with van der Waals surface area (Å²) in [5.74, 6) is -0.920. The highest BCUT2D eigenvalue weighted by Crippen LogP contribution is 2.14. The second kappa shape index (κ2) is 6.04. The smallest absolute Gasteiger partial charge is 0.328 e. The van der Waals surface area contributed by atoms with Crippen molar-refractivity contribution in [1.82, 2.24) is 0 Å². The van der Waals surface area contributed by atoms with Crippen LogP contribution < -0.4 is 0 Å². The summed E-state index contributed by atoms with van der Waals surface area (Å²) < 4.78 is 0. The van der Waals surface area contributed by atoms with Gasteiger partial charge in [-0.3, -0.25) is 0 Å². The quantitative estimate of drug-likeness (QED) is 0.634. The molecule has 0 fully saturated rings. The molecule has 1 rings (SSSR count). The van der Waals surface area contributed by atoms with Crippen LogP contribution in [0.2, 0.25) is 0 Å². The summed E-state index contributed by atoms with van der Waals surface area (Å²) in [6, 6.07) is 5.99. The molecular weight excluding hydrogens is 212 g/mol. The first kappa shape index (κ1) is 13.2. The van der Waals surface area contributed by atoms with Crippen LogP contribution in [0.3, 0.4) is 0 Å². The summed E-state index contributed by atoms with van der Waals surface area (Å²) in [5, 5.41) is 8.58. The van der Waals surface area contributed by atoms with E-state index in [2.05, 4.69) is 26.8 Å². The zero-order valence-corrected chi connectivity index (χ0v) is 10.5. The Balaban J connectivity index is 2.94. The summed E-state index contributed by atoms with van der Waals surface area (Å²) in [6.45, 7) is 6.21. The fraction of sp³-hybridized carbons (Fsp3) is 0.267. The maximum absolute atomic E-state index is 10.4. The van der Waals surface area contributed by atoms with Gasteiger partial charge in [-0.2, -0.15) is 0 Å². The van der Waals surface area contributed by atoms with E-state index in [1.807, 2.05) is 18.2 Å². The van der Waals surface area contributed by atoms with Crippen molar-refractivity contribution in [3.63, 3.8) is 0 Å². The number of carboxylic acid groups (broad SMARTS) is 1. The van der Waals surface area contributed by atoms with Gasteiger partial charge in [-0.15, -0.1) is 0 Å². The van der Waals surface area contributed by atoms with Crippen LogP contribution in [0, 0.1) is 6.92 Å². The largest absolute Gasteiger partial charge is 0.478 e. The molecule has 0 aromatic heterocycles. The van der Waals surface area contributed by atoms with Gasteiger partial charge in [0, 0.05) is 6.08 Å². The molecular formula is C15H18O2. The number of rotatable bonds is 4. The van der Waals surface area contributed by atoms with Gasteiger partial charge >= 0.3 is 5.97 Å². The van der Waals surface area contributed by atoms with Gasteiger partial charge in [0.1, 0.15) is 0 Å². The third-order valence-electron chi connectivity index (χ3n) is 2.52. The van der Waals surface area contributed by atoms with E-state index in [1.54, 1.807) is 6.08 Å². The van der Waals surface area contributed by atoms with Gasteiger partial charge in [0.2, 0.25) is 0 Å². The molecule has 0 aliphatic heterocycles. The van der Waals surface area contributed by atoms with Crippen molar-refractivity contribution in [2.75, 3.05) is 0 Å². The normalized spacial score (nSPS) is 10.5. The van der Waals surface area contributed by atoms with Crippen LogP contribution in [0.1, 0.15) is 30.5 Å². The van der Waals surface area contributed by atoms with E-state index in [0.29, 0.717) is 0 Å². The lowest BCUT2D eigenvalue weighted by atomic mass is 10.0. The van der Waals surface area contributed by atoms with E-state index in [0.717, 1.165) is 18.1 Å². The average molecular weight is 230 g/mol. The molecule has 0 saturated heterocycles. The molecule has 90 valence electrons. The number of allylic oxidation sites excluding steroid dienone is 2.